The molecule has 20 heavy (non-hydrogen) atoms. The third-order valence-corrected chi connectivity index (χ3v) is 4.95. The predicted molar refractivity (Wildman–Crippen MR) is 78.9 cm³/mol. The highest BCUT2D eigenvalue weighted by atomic mass is 15.3. The van der Waals surface area contributed by atoms with Crippen molar-refractivity contribution in [3.8, 4) is 11.3 Å². The molecule has 100 valence electrons. The SMILES string of the molecule is c1ccc(-c2nc(N3CCC3)nc3c2CC2CC32)cc1. The summed E-state index contributed by atoms with van der Waals surface area (Å²) in [6.07, 6.45) is 3.80. The van der Waals surface area contributed by atoms with Crippen LogP contribution in [0.1, 0.15) is 30.0 Å². The molecule has 2 heterocycles. The van der Waals surface area contributed by atoms with Gasteiger partial charge in [0.15, 0.2) is 0 Å². The van der Waals surface area contributed by atoms with Gasteiger partial charge in [-0.05, 0) is 25.2 Å². The molecule has 2 unspecified atom stereocenters. The summed E-state index contributed by atoms with van der Waals surface area (Å²) in [5, 5.41) is 0. The minimum absolute atomic E-state index is 0.732. The van der Waals surface area contributed by atoms with Crippen molar-refractivity contribution in [2.45, 2.75) is 25.2 Å². The molecule has 0 N–H and O–H groups in total. The molecule has 0 radical (unpaired) electrons. The lowest BCUT2D eigenvalue weighted by molar-refractivity contribution is 0.598. The predicted octanol–water partition coefficient (Wildman–Crippen LogP) is 3.01. The number of hydrogen-bond acceptors (Lipinski definition) is 3. The standard InChI is InChI=1S/C17H17N3/c1-2-5-11(6-3-1)15-14-10-12-9-13(12)16(14)19-17(18-15)20-7-4-8-20/h1-3,5-6,12-13H,4,7-10H2. The minimum Gasteiger partial charge on any atom is -0.341 e. The fourth-order valence-corrected chi connectivity index (χ4v) is 3.56. The van der Waals surface area contributed by atoms with Crippen molar-refractivity contribution in [3.63, 3.8) is 0 Å². The molecular weight excluding hydrogens is 246 g/mol. The summed E-state index contributed by atoms with van der Waals surface area (Å²) in [4.78, 5) is 12.1. The van der Waals surface area contributed by atoms with Gasteiger partial charge in [0.2, 0.25) is 5.95 Å². The monoisotopic (exact) mass is 263 g/mol. The number of hydrogen-bond donors (Lipinski definition) is 0. The summed E-state index contributed by atoms with van der Waals surface area (Å²) in [5.74, 6) is 2.55. The highest BCUT2D eigenvalue weighted by Gasteiger charge is 2.48. The molecular formula is C17H17N3. The summed E-state index contributed by atoms with van der Waals surface area (Å²) in [7, 11) is 0. The molecule has 3 aliphatic rings. The molecule has 0 amide bonds. The van der Waals surface area contributed by atoms with E-state index in [0.717, 1.165) is 30.9 Å². The maximum absolute atomic E-state index is 4.91. The Labute approximate surface area is 118 Å². The van der Waals surface area contributed by atoms with Crippen LogP contribution in [0.25, 0.3) is 11.3 Å². The van der Waals surface area contributed by atoms with E-state index < -0.39 is 0 Å². The first-order valence-corrected chi connectivity index (χ1v) is 7.61. The lowest BCUT2D eigenvalue weighted by Gasteiger charge is -2.31. The van der Waals surface area contributed by atoms with E-state index in [1.165, 1.54) is 41.8 Å². The highest BCUT2D eigenvalue weighted by molar-refractivity contribution is 5.68. The normalized spacial score (nSPS) is 25.9. The van der Waals surface area contributed by atoms with Crippen molar-refractivity contribution in [1.82, 2.24) is 9.97 Å². The van der Waals surface area contributed by atoms with Crippen LogP contribution in [0.3, 0.4) is 0 Å². The molecule has 3 heteroatoms. The molecule has 1 saturated carbocycles. The smallest absolute Gasteiger partial charge is 0.226 e. The molecule has 0 spiro atoms. The Balaban J connectivity index is 1.69. The lowest BCUT2D eigenvalue weighted by atomic mass is 10.0. The Morgan fingerprint density at radius 1 is 1.05 bits per heavy atom. The molecule has 1 saturated heterocycles. The molecule has 2 atom stereocenters. The first-order chi connectivity index (χ1) is 9.90. The lowest BCUT2D eigenvalue weighted by Crippen LogP contribution is -2.38. The number of nitrogens with zero attached hydrogens (tertiary/aromatic N) is 3. The molecule has 5 rings (SSSR count). The Morgan fingerprint density at radius 2 is 1.90 bits per heavy atom. The van der Waals surface area contributed by atoms with Crippen LogP contribution >= 0.6 is 0 Å². The third-order valence-electron chi connectivity index (χ3n) is 4.95. The van der Waals surface area contributed by atoms with E-state index in [1.54, 1.807) is 0 Å². The van der Waals surface area contributed by atoms with Crippen LogP contribution in [-0.2, 0) is 6.42 Å². The van der Waals surface area contributed by atoms with E-state index in [-0.39, 0.29) is 0 Å². The molecule has 3 nitrogen and oxygen atoms in total. The van der Waals surface area contributed by atoms with Crippen LogP contribution in [0.5, 0.6) is 0 Å². The van der Waals surface area contributed by atoms with Crippen LogP contribution in [-0.4, -0.2) is 23.1 Å². The van der Waals surface area contributed by atoms with Crippen LogP contribution < -0.4 is 4.90 Å². The number of rotatable bonds is 2. The fraction of sp³-hybridized carbons (Fsp3) is 0.412. The Morgan fingerprint density at radius 3 is 2.65 bits per heavy atom. The van der Waals surface area contributed by atoms with Gasteiger partial charge in [-0.1, -0.05) is 30.3 Å². The van der Waals surface area contributed by atoms with Crippen LogP contribution in [0, 0.1) is 5.92 Å². The Hall–Kier alpha value is -1.90. The summed E-state index contributed by atoms with van der Waals surface area (Å²) in [6, 6.07) is 10.6. The van der Waals surface area contributed by atoms with Crippen LogP contribution in [0.4, 0.5) is 5.95 Å². The zero-order valence-electron chi connectivity index (χ0n) is 11.4. The number of aromatic nitrogens is 2. The van der Waals surface area contributed by atoms with Crippen molar-refractivity contribution in [3.05, 3.63) is 41.6 Å². The molecule has 2 aliphatic carbocycles. The summed E-state index contributed by atoms with van der Waals surface area (Å²) in [6.45, 7) is 2.22. The van der Waals surface area contributed by atoms with Crippen molar-refractivity contribution < 1.29 is 0 Å². The summed E-state index contributed by atoms with van der Waals surface area (Å²) >= 11 is 0. The van der Waals surface area contributed by atoms with Crippen molar-refractivity contribution >= 4 is 5.95 Å². The molecule has 1 aliphatic heterocycles. The van der Waals surface area contributed by atoms with E-state index in [9.17, 15) is 0 Å². The Kier molecular flexibility index (Phi) is 2.07. The van der Waals surface area contributed by atoms with Gasteiger partial charge in [0.25, 0.3) is 0 Å². The van der Waals surface area contributed by atoms with Gasteiger partial charge >= 0.3 is 0 Å². The molecule has 2 aromatic rings. The highest BCUT2D eigenvalue weighted by Crippen LogP contribution is 2.57. The van der Waals surface area contributed by atoms with Gasteiger partial charge in [-0.25, -0.2) is 9.97 Å². The van der Waals surface area contributed by atoms with Crippen molar-refractivity contribution in [2.24, 2.45) is 5.92 Å². The van der Waals surface area contributed by atoms with Crippen LogP contribution in [0.15, 0.2) is 30.3 Å². The molecule has 1 aromatic carbocycles. The molecule has 1 aromatic heterocycles. The Bertz CT molecular complexity index is 676. The zero-order chi connectivity index (χ0) is 13.1. The minimum atomic E-state index is 0.732. The van der Waals surface area contributed by atoms with Gasteiger partial charge in [0, 0.05) is 30.1 Å². The topological polar surface area (TPSA) is 29.0 Å². The second-order valence-corrected chi connectivity index (χ2v) is 6.25. The third kappa shape index (κ3) is 1.46. The largest absolute Gasteiger partial charge is 0.341 e. The van der Waals surface area contributed by atoms with E-state index >= 15 is 0 Å². The quantitative estimate of drug-likeness (QED) is 0.834. The average Bonchev–Trinajstić information content (AvgIpc) is 3.11. The maximum atomic E-state index is 4.91. The fourth-order valence-electron chi connectivity index (χ4n) is 3.56. The second kappa shape index (κ2) is 3.81. The van der Waals surface area contributed by atoms with E-state index in [0.29, 0.717) is 0 Å². The van der Waals surface area contributed by atoms with Crippen LogP contribution in [0.2, 0.25) is 0 Å². The molecule has 0 bridgehead atoms. The van der Waals surface area contributed by atoms with Gasteiger partial charge in [-0.15, -0.1) is 0 Å². The van der Waals surface area contributed by atoms with Gasteiger partial charge in [0.1, 0.15) is 0 Å². The first-order valence-electron chi connectivity index (χ1n) is 7.61. The average molecular weight is 263 g/mol. The number of anilines is 1. The van der Waals surface area contributed by atoms with E-state index in [1.807, 2.05) is 0 Å². The number of benzene rings is 1. The van der Waals surface area contributed by atoms with Gasteiger partial charge in [-0.2, -0.15) is 0 Å². The number of fused-ring (bicyclic) bond motifs is 3. The van der Waals surface area contributed by atoms with Crippen molar-refractivity contribution in [1.29, 1.82) is 0 Å². The van der Waals surface area contributed by atoms with Crippen molar-refractivity contribution in [2.75, 3.05) is 18.0 Å². The van der Waals surface area contributed by atoms with E-state index in [4.69, 9.17) is 9.97 Å². The van der Waals surface area contributed by atoms with Gasteiger partial charge in [0.05, 0.1) is 11.4 Å². The first kappa shape index (κ1) is 10.8. The zero-order valence-corrected chi connectivity index (χ0v) is 11.4. The summed E-state index contributed by atoms with van der Waals surface area (Å²) in [5.41, 5.74) is 5.20. The molecule has 2 fully saturated rings. The second-order valence-electron chi connectivity index (χ2n) is 6.25. The maximum Gasteiger partial charge on any atom is 0.226 e. The van der Waals surface area contributed by atoms with E-state index in [2.05, 4.69) is 35.2 Å². The summed E-state index contributed by atoms with van der Waals surface area (Å²) < 4.78 is 0. The van der Waals surface area contributed by atoms with Gasteiger partial charge < -0.3 is 4.90 Å². The van der Waals surface area contributed by atoms with Gasteiger partial charge in [-0.3, -0.25) is 0 Å².